The van der Waals surface area contributed by atoms with Crippen LogP contribution in [0.15, 0.2) is 23.3 Å². The highest BCUT2D eigenvalue weighted by atomic mass is 14.4. The third kappa shape index (κ3) is 0.681. The maximum atomic E-state index is 2.44. The maximum Gasteiger partial charge on any atom is 0.00608 e. The SMILES string of the molecule is CC1C2=CC(C(C)C)C=C21. The van der Waals surface area contributed by atoms with E-state index >= 15 is 0 Å². The molecule has 0 heteroatoms. The molecular weight excluding hydrogens is 120 g/mol. The van der Waals surface area contributed by atoms with Crippen molar-refractivity contribution in [2.24, 2.45) is 17.8 Å². The van der Waals surface area contributed by atoms with E-state index in [1.807, 2.05) is 0 Å². The second-order valence-electron chi connectivity index (χ2n) is 3.79. The van der Waals surface area contributed by atoms with Crippen molar-refractivity contribution in [3.63, 3.8) is 0 Å². The molecule has 0 nitrogen and oxygen atoms in total. The topological polar surface area (TPSA) is 0 Å². The van der Waals surface area contributed by atoms with E-state index < -0.39 is 0 Å². The van der Waals surface area contributed by atoms with E-state index in [9.17, 15) is 0 Å². The minimum atomic E-state index is 0.751. The van der Waals surface area contributed by atoms with Crippen LogP contribution in [0.3, 0.4) is 0 Å². The van der Waals surface area contributed by atoms with Gasteiger partial charge in [-0.1, -0.05) is 32.9 Å². The molecule has 0 spiro atoms. The van der Waals surface area contributed by atoms with Crippen LogP contribution in [0.25, 0.3) is 0 Å². The Kier molecular flexibility index (Phi) is 1.08. The third-order valence-corrected chi connectivity index (χ3v) is 2.70. The lowest BCUT2D eigenvalue weighted by atomic mass is 9.96. The fraction of sp³-hybridized carbons (Fsp3) is 0.600. The lowest BCUT2D eigenvalue weighted by molar-refractivity contribution is 0.550. The first kappa shape index (κ1) is 6.21. The van der Waals surface area contributed by atoms with Crippen molar-refractivity contribution in [3.8, 4) is 0 Å². The highest BCUT2D eigenvalue weighted by Crippen LogP contribution is 2.51. The number of hydrogen-bond acceptors (Lipinski definition) is 0. The molecule has 0 aliphatic heterocycles. The van der Waals surface area contributed by atoms with Crippen molar-refractivity contribution >= 4 is 0 Å². The van der Waals surface area contributed by atoms with E-state index in [4.69, 9.17) is 0 Å². The van der Waals surface area contributed by atoms with Crippen LogP contribution in [0.4, 0.5) is 0 Å². The summed E-state index contributed by atoms with van der Waals surface area (Å²) >= 11 is 0. The standard InChI is InChI=1S/C10H14/c1-6(2)8-4-9-7(3)10(9)5-8/h4-8H,1-3H3. The van der Waals surface area contributed by atoms with Crippen LogP contribution < -0.4 is 0 Å². The number of allylic oxidation sites excluding steroid dienone is 4. The van der Waals surface area contributed by atoms with Gasteiger partial charge >= 0.3 is 0 Å². The van der Waals surface area contributed by atoms with Gasteiger partial charge < -0.3 is 0 Å². The molecule has 0 amide bonds. The summed E-state index contributed by atoms with van der Waals surface area (Å²) in [7, 11) is 0. The van der Waals surface area contributed by atoms with Gasteiger partial charge in [-0.25, -0.2) is 0 Å². The monoisotopic (exact) mass is 134 g/mol. The van der Waals surface area contributed by atoms with Crippen LogP contribution in [0, 0.1) is 17.8 Å². The van der Waals surface area contributed by atoms with E-state index in [1.54, 1.807) is 11.1 Å². The fourth-order valence-corrected chi connectivity index (χ4v) is 1.71. The van der Waals surface area contributed by atoms with E-state index in [0.29, 0.717) is 0 Å². The van der Waals surface area contributed by atoms with E-state index in [2.05, 4.69) is 32.9 Å². The van der Waals surface area contributed by atoms with Gasteiger partial charge in [0.15, 0.2) is 0 Å². The van der Waals surface area contributed by atoms with Gasteiger partial charge in [0.05, 0.1) is 0 Å². The van der Waals surface area contributed by atoms with Crippen molar-refractivity contribution < 1.29 is 0 Å². The second kappa shape index (κ2) is 1.75. The zero-order valence-corrected chi connectivity index (χ0v) is 6.89. The van der Waals surface area contributed by atoms with Crippen molar-refractivity contribution in [2.75, 3.05) is 0 Å². The summed E-state index contributed by atoms with van der Waals surface area (Å²) in [5.74, 6) is 2.36. The van der Waals surface area contributed by atoms with Gasteiger partial charge in [0.1, 0.15) is 0 Å². The first-order chi connectivity index (χ1) is 4.70. The maximum absolute atomic E-state index is 2.44. The summed E-state index contributed by atoms with van der Waals surface area (Å²) in [6.07, 6.45) is 4.87. The zero-order chi connectivity index (χ0) is 7.30. The Labute approximate surface area is 62.6 Å². The van der Waals surface area contributed by atoms with E-state index in [0.717, 1.165) is 17.8 Å². The first-order valence-corrected chi connectivity index (χ1v) is 4.14. The van der Waals surface area contributed by atoms with Gasteiger partial charge in [0.2, 0.25) is 0 Å². The zero-order valence-electron chi connectivity index (χ0n) is 6.89. The van der Waals surface area contributed by atoms with Gasteiger partial charge in [-0.05, 0) is 23.0 Å². The molecule has 2 aliphatic rings. The molecule has 0 N–H and O–H groups in total. The molecule has 0 aromatic heterocycles. The van der Waals surface area contributed by atoms with Gasteiger partial charge in [0.25, 0.3) is 0 Å². The number of fused-ring (bicyclic) bond motifs is 1. The van der Waals surface area contributed by atoms with Crippen LogP contribution in [0.2, 0.25) is 0 Å². The van der Waals surface area contributed by atoms with Crippen LogP contribution in [0.1, 0.15) is 20.8 Å². The van der Waals surface area contributed by atoms with Crippen LogP contribution in [-0.4, -0.2) is 0 Å². The second-order valence-corrected chi connectivity index (χ2v) is 3.79. The summed E-state index contributed by atoms with van der Waals surface area (Å²) < 4.78 is 0. The molecular formula is C10H14. The van der Waals surface area contributed by atoms with Gasteiger partial charge in [-0.2, -0.15) is 0 Å². The quantitative estimate of drug-likeness (QED) is 0.517. The Morgan fingerprint density at radius 3 is 2.10 bits per heavy atom. The lowest BCUT2D eigenvalue weighted by Crippen LogP contribution is -2.00. The van der Waals surface area contributed by atoms with Gasteiger partial charge in [0, 0.05) is 5.92 Å². The molecule has 2 rings (SSSR count). The molecule has 0 unspecified atom stereocenters. The Morgan fingerprint density at radius 1 is 1.20 bits per heavy atom. The molecule has 1 fully saturated rings. The predicted molar refractivity (Wildman–Crippen MR) is 43.7 cm³/mol. The van der Waals surface area contributed by atoms with Gasteiger partial charge in [-0.3, -0.25) is 0 Å². The molecule has 0 atom stereocenters. The van der Waals surface area contributed by atoms with Crippen LogP contribution in [-0.2, 0) is 0 Å². The summed E-state index contributed by atoms with van der Waals surface area (Å²) in [6, 6.07) is 0. The lowest BCUT2D eigenvalue weighted by Gasteiger charge is -2.09. The predicted octanol–water partition coefficient (Wildman–Crippen LogP) is 2.77. The minimum absolute atomic E-state index is 0.751. The van der Waals surface area contributed by atoms with Crippen molar-refractivity contribution in [1.82, 2.24) is 0 Å². The molecule has 0 aromatic carbocycles. The molecule has 1 saturated carbocycles. The number of hydrogen-bond donors (Lipinski definition) is 0. The Hall–Kier alpha value is -0.520. The largest absolute Gasteiger partial charge is 0.0732 e. The van der Waals surface area contributed by atoms with E-state index in [1.165, 1.54) is 0 Å². The van der Waals surface area contributed by atoms with Crippen LogP contribution >= 0.6 is 0 Å². The highest BCUT2D eigenvalue weighted by Gasteiger charge is 2.37. The van der Waals surface area contributed by atoms with Crippen molar-refractivity contribution in [2.45, 2.75) is 20.8 Å². The van der Waals surface area contributed by atoms with Crippen molar-refractivity contribution in [3.05, 3.63) is 23.3 Å². The molecule has 10 heavy (non-hydrogen) atoms. The average molecular weight is 134 g/mol. The number of rotatable bonds is 1. The Morgan fingerprint density at radius 2 is 1.70 bits per heavy atom. The summed E-state index contributed by atoms with van der Waals surface area (Å²) in [5, 5.41) is 0. The molecule has 0 aromatic rings. The molecule has 54 valence electrons. The van der Waals surface area contributed by atoms with Crippen LogP contribution in [0.5, 0.6) is 0 Å². The highest BCUT2D eigenvalue weighted by molar-refractivity contribution is 5.59. The van der Waals surface area contributed by atoms with Crippen molar-refractivity contribution in [1.29, 1.82) is 0 Å². The normalized spacial score (nSPS) is 24.8. The molecule has 0 heterocycles. The Bertz CT molecular complexity index is 198. The summed E-state index contributed by atoms with van der Waals surface area (Å²) in [4.78, 5) is 0. The average Bonchev–Trinajstić information content (AvgIpc) is 2.38. The smallest absolute Gasteiger partial charge is 0.00608 e. The third-order valence-electron chi connectivity index (χ3n) is 2.70. The molecule has 0 saturated heterocycles. The first-order valence-electron chi connectivity index (χ1n) is 4.14. The fourth-order valence-electron chi connectivity index (χ4n) is 1.71. The molecule has 2 aliphatic carbocycles. The summed E-state index contributed by atoms with van der Waals surface area (Å²) in [6.45, 7) is 6.86. The molecule has 0 radical (unpaired) electrons. The molecule has 0 bridgehead atoms. The van der Waals surface area contributed by atoms with E-state index in [-0.39, 0.29) is 0 Å². The minimum Gasteiger partial charge on any atom is -0.0732 e. The summed E-state index contributed by atoms with van der Waals surface area (Å²) in [5.41, 5.74) is 3.25. The Balaban J connectivity index is 2.14. The van der Waals surface area contributed by atoms with Gasteiger partial charge in [-0.15, -0.1) is 0 Å².